The summed E-state index contributed by atoms with van der Waals surface area (Å²) in [5.41, 5.74) is 0.136. The van der Waals surface area contributed by atoms with Gasteiger partial charge in [-0.05, 0) is 19.8 Å². The summed E-state index contributed by atoms with van der Waals surface area (Å²) >= 11 is 0.476. The van der Waals surface area contributed by atoms with Crippen molar-refractivity contribution in [2.45, 2.75) is 49.0 Å². The number of rotatable bonds is 3. The monoisotopic (exact) mass is 344 g/mol. The number of sulfonamides is 1. The molecule has 10 heteroatoms. The molecule has 0 spiro atoms. The lowest BCUT2D eigenvalue weighted by Crippen LogP contribution is -2.47. The Balaban J connectivity index is 2.26. The molecule has 2 unspecified atom stereocenters. The van der Waals surface area contributed by atoms with Gasteiger partial charge in [0.25, 0.3) is 10.0 Å². The Morgan fingerprint density at radius 3 is 2.43 bits per heavy atom. The fourth-order valence-electron chi connectivity index (χ4n) is 2.56. The molecular formula is C11H15F3N2O3S2. The van der Waals surface area contributed by atoms with Crippen LogP contribution in [0.25, 0.3) is 0 Å². The van der Waals surface area contributed by atoms with Crippen LogP contribution in [0.15, 0.2) is 9.00 Å². The number of halogens is 3. The summed E-state index contributed by atoms with van der Waals surface area (Å²) in [5.74, 6) is -1.68. The van der Waals surface area contributed by atoms with Crippen molar-refractivity contribution < 1.29 is 21.6 Å². The Bertz CT molecular complexity index is 663. The van der Waals surface area contributed by atoms with E-state index in [1.807, 2.05) is 0 Å². The minimum absolute atomic E-state index is 0.0843. The lowest BCUT2D eigenvalue weighted by atomic mass is 9.85. The zero-order chi connectivity index (χ0) is 15.8. The first kappa shape index (κ1) is 16.5. The number of nitrogens with one attached hydrogen (secondary N) is 2. The first-order valence-corrected chi connectivity index (χ1v) is 8.70. The number of H-pyrrole nitrogens is 1. The van der Waals surface area contributed by atoms with E-state index in [4.69, 9.17) is 0 Å². The predicted molar refractivity (Wildman–Crippen MR) is 71.8 cm³/mol. The third-order valence-corrected chi connectivity index (χ3v) is 6.61. The summed E-state index contributed by atoms with van der Waals surface area (Å²) in [6, 6.07) is -1.18. The lowest BCUT2D eigenvalue weighted by molar-refractivity contribution is -0.187. The Hall–Kier alpha value is -0.870. The highest BCUT2D eigenvalue weighted by Gasteiger charge is 2.46. The molecule has 0 amide bonds. The topological polar surface area (TPSA) is 79.0 Å². The van der Waals surface area contributed by atoms with E-state index >= 15 is 0 Å². The van der Waals surface area contributed by atoms with Gasteiger partial charge in [-0.2, -0.15) is 13.2 Å². The van der Waals surface area contributed by atoms with E-state index in [0.717, 1.165) is 0 Å². The molecule has 1 fully saturated rings. The van der Waals surface area contributed by atoms with Crippen molar-refractivity contribution in [1.82, 2.24) is 9.71 Å². The fourth-order valence-corrected chi connectivity index (χ4v) is 5.19. The molecule has 2 N–H and O–H groups in total. The average Bonchev–Trinajstić information content (AvgIpc) is 2.68. The zero-order valence-corrected chi connectivity index (χ0v) is 12.8. The van der Waals surface area contributed by atoms with Crippen LogP contribution in [0.1, 0.15) is 31.4 Å². The average molecular weight is 344 g/mol. The molecule has 120 valence electrons. The van der Waals surface area contributed by atoms with E-state index in [-0.39, 0.29) is 22.7 Å². The third-order valence-electron chi connectivity index (χ3n) is 3.52. The van der Waals surface area contributed by atoms with Gasteiger partial charge in [0, 0.05) is 11.7 Å². The number of hydrogen-bond acceptors (Lipinski definition) is 4. The van der Waals surface area contributed by atoms with Crippen molar-refractivity contribution in [3.63, 3.8) is 0 Å². The summed E-state index contributed by atoms with van der Waals surface area (Å²) in [6.07, 6.45) is -3.41. The van der Waals surface area contributed by atoms with Crippen molar-refractivity contribution in [3.8, 4) is 0 Å². The predicted octanol–water partition coefficient (Wildman–Crippen LogP) is 2.14. The maximum atomic E-state index is 13.0. The van der Waals surface area contributed by atoms with Crippen LogP contribution in [-0.4, -0.2) is 25.6 Å². The van der Waals surface area contributed by atoms with Gasteiger partial charge in [-0.3, -0.25) is 4.79 Å². The zero-order valence-electron chi connectivity index (χ0n) is 11.2. The van der Waals surface area contributed by atoms with Crippen LogP contribution in [-0.2, 0) is 10.0 Å². The van der Waals surface area contributed by atoms with Crippen molar-refractivity contribution in [1.29, 1.82) is 0 Å². The number of aromatic nitrogens is 1. The fraction of sp³-hybridized carbons (Fsp3) is 0.727. The van der Waals surface area contributed by atoms with E-state index in [1.54, 1.807) is 0 Å². The minimum atomic E-state index is -4.44. The van der Waals surface area contributed by atoms with Gasteiger partial charge in [0.15, 0.2) is 4.21 Å². The van der Waals surface area contributed by atoms with E-state index in [1.165, 1.54) is 6.92 Å². The molecule has 2 atom stereocenters. The molecule has 1 aromatic heterocycles. The molecule has 0 saturated heterocycles. The number of hydrogen-bond donors (Lipinski definition) is 2. The van der Waals surface area contributed by atoms with Crippen LogP contribution < -0.4 is 9.60 Å². The highest BCUT2D eigenvalue weighted by atomic mass is 32.2. The smallest absolute Gasteiger partial charge is 0.315 e. The molecule has 2 rings (SSSR count). The normalized spacial score (nSPS) is 24.2. The quantitative estimate of drug-likeness (QED) is 0.882. The summed E-state index contributed by atoms with van der Waals surface area (Å²) in [4.78, 5) is 12.9. The number of alkyl halides is 3. The van der Waals surface area contributed by atoms with Crippen LogP contribution in [0, 0.1) is 12.8 Å². The van der Waals surface area contributed by atoms with Gasteiger partial charge in [0.2, 0.25) is 0 Å². The lowest BCUT2D eigenvalue weighted by Gasteiger charge is -2.33. The van der Waals surface area contributed by atoms with Crippen molar-refractivity contribution in [2.75, 3.05) is 0 Å². The van der Waals surface area contributed by atoms with Crippen molar-refractivity contribution >= 4 is 21.4 Å². The summed E-state index contributed by atoms with van der Waals surface area (Å²) < 4.78 is 65.1. The van der Waals surface area contributed by atoms with Gasteiger partial charge in [0.05, 0.1) is 5.92 Å². The maximum Gasteiger partial charge on any atom is 0.393 e. The second-order valence-corrected chi connectivity index (χ2v) is 7.98. The highest BCUT2D eigenvalue weighted by Crippen LogP contribution is 2.38. The van der Waals surface area contributed by atoms with Gasteiger partial charge in [-0.15, -0.1) is 0 Å². The molecular weight excluding hydrogens is 329 g/mol. The Labute approximate surface area is 123 Å². The second kappa shape index (κ2) is 5.73. The second-order valence-electron chi connectivity index (χ2n) is 5.09. The van der Waals surface area contributed by atoms with Gasteiger partial charge in [-0.25, -0.2) is 13.1 Å². The van der Waals surface area contributed by atoms with Crippen LogP contribution >= 0.6 is 11.3 Å². The van der Waals surface area contributed by atoms with Crippen LogP contribution in [0.2, 0.25) is 0 Å². The number of aromatic amines is 1. The van der Waals surface area contributed by atoms with Gasteiger partial charge >= 0.3 is 11.0 Å². The molecule has 21 heavy (non-hydrogen) atoms. The molecule has 0 bridgehead atoms. The number of aryl methyl sites for hydroxylation is 1. The molecule has 1 aliphatic carbocycles. The van der Waals surface area contributed by atoms with Crippen LogP contribution in [0.5, 0.6) is 0 Å². The van der Waals surface area contributed by atoms with Crippen LogP contribution in [0.3, 0.4) is 0 Å². The number of thiazole rings is 1. The van der Waals surface area contributed by atoms with Gasteiger partial charge in [-0.1, -0.05) is 24.2 Å². The van der Waals surface area contributed by atoms with E-state index in [0.29, 0.717) is 24.2 Å². The molecule has 0 aliphatic heterocycles. The highest BCUT2D eigenvalue weighted by molar-refractivity contribution is 7.91. The summed E-state index contributed by atoms with van der Waals surface area (Å²) in [5, 5.41) is 0. The van der Waals surface area contributed by atoms with Gasteiger partial charge < -0.3 is 4.98 Å². The largest absolute Gasteiger partial charge is 0.393 e. The Morgan fingerprint density at radius 1 is 1.29 bits per heavy atom. The standard InChI is InChI=1S/C11H15F3N2O3S2/c1-6-9(20-10(17)15-6)21(18,19)16-8-5-3-2-4-7(8)11(12,13)14/h7-8,16H,2-5H2,1H3,(H,15,17). The van der Waals surface area contributed by atoms with Crippen LogP contribution in [0.4, 0.5) is 13.2 Å². The first-order valence-electron chi connectivity index (χ1n) is 6.40. The van der Waals surface area contributed by atoms with Crippen molar-refractivity contribution in [2.24, 2.45) is 5.92 Å². The molecule has 1 aliphatic rings. The molecule has 1 aromatic rings. The summed E-state index contributed by atoms with van der Waals surface area (Å²) in [6.45, 7) is 1.40. The van der Waals surface area contributed by atoms with Gasteiger partial charge in [0.1, 0.15) is 0 Å². The third kappa shape index (κ3) is 3.67. The Kier molecular flexibility index (Phi) is 4.50. The molecule has 5 nitrogen and oxygen atoms in total. The Morgan fingerprint density at radius 2 is 1.90 bits per heavy atom. The van der Waals surface area contributed by atoms with E-state index in [2.05, 4.69) is 9.71 Å². The molecule has 1 saturated carbocycles. The van der Waals surface area contributed by atoms with Crippen molar-refractivity contribution in [3.05, 3.63) is 15.4 Å². The molecule has 1 heterocycles. The van der Waals surface area contributed by atoms with E-state index in [9.17, 15) is 26.4 Å². The molecule has 0 radical (unpaired) electrons. The minimum Gasteiger partial charge on any atom is -0.315 e. The first-order chi connectivity index (χ1) is 9.61. The summed E-state index contributed by atoms with van der Waals surface area (Å²) in [7, 11) is -4.13. The maximum absolute atomic E-state index is 13.0. The van der Waals surface area contributed by atoms with E-state index < -0.39 is 33.0 Å². The SMILES string of the molecule is Cc1[nH]c(=O)sc1S(=O)(=O)NC1CCCCC1C(F)(F)F. The molecule has 0 aromatic carbocycles.